The second-order valence-corrected chi connectivity index (χ2v) is 4.22. The van der Waals surface area contributed by atoms with Gasteiger partial charge >= 0.3 is 0 Å². The molecule has 0 aliphatic rings. The minimum absolute atomic E-state index is 0.440. The van der Waals surface area contributed by atoms with Gasteiger partial charge in [-0.05, 0) is 39.9 Å². The van der Waals surface area contributed by atoms with E-state index in [9.17, 15) is 4.39 Å². The molecule has 1 aromatic rings. The van der Waals surface area contributed by atoms with Crippen LogP contribution in [0.15, 0.2) is 18.3 Å². The quantitative estimate of drug-likeness (QED) is 0.595. The fourth-order valence-corrected chi connectivity index (χ4v) is 1.33. The van der Waals surface area contributed by atoms with Crippen molar-refractivity contribution < 1.29 is 4.39 Å². The Morgan fingerprint density at radius 3 is 2.88 bits per heavy atom. The van der Waals surface area contributed by atoms with E-state index in [2.05, 4.69) is 36.1 Å². The van der Waals surface area contributed by atoms with Crippen LogP contribution in [0.2, 0.25) is 0 Å². The molecule has 0 spiro atoms. The highest BCUT2D eigenvalue weighted by molar-refractivity contribution is 5.40. The van der Waals surface area contributed by atoms with Crippen LogP contribution in [-0.4, -0.2) is 36.1 Å². The average Bonchev–Trinajstić information content (AvgIpc) is 2.24. The average molecular weight is 225 g/mol. The van der Waals surface area contributed by atoms with E-state index in [0.717, 1.165) is 25.2 Å². The van der Waals surface area contributed by atoms with E-state index in [4.69, 9.17) is 0 Å². The van der Waals surface area contributed by atoms with Crippen LogP contribution in [0.5, 0.6) is 0 Å². The van der Waals surface area contributed by atoms with Gasteiger partial charge in [0, 0.05) is 30.5 Å². The van der Waals surface area contributed by atoms with Crippen molar-refractivity contribution >= 4 is 5.69 Å². The van der Waals surface area contributed by atoms with Gasteiger partial charge in [0.15, 0.2) is 0 Å². The van der Waals surface area contributed by atoms with Crippen LogP contribution in [0.4, 0.5) is 10.1 Å². The van der Waals surface area contributed by atoms with Gasteiger partial charge in [0.2, 0.25) is 5.95 Å². The lowest BCUT2D eigenvalue weighted by molar-refractivity contribution is 0.273. The first-order chi connectivity index (χ1) is 7.59. The third kappa shape index (κ3) is 4.57. The summed E-state index contributed by atoms with van der Waals surface area (Å²) in [7, 11) is 2.11. The van der Waals surface area contributed by atoms with Gasteiger partial charge in [0.1, 0.15) is 0 Å². The summed E-state index contributed by atoms with van der Waals surface area (Å²) in [4.78, 5) is 5.79. The highest BCUT2D eigenvalue weighted by atomic mass is 19.1. The van der Waals surface area contributed by atoms with Gasteiger partial charge in [-0.15, -0.1) is 0 Å². The van der Waals surface area contributed by atoms with Crippen molar-refractivity contribution in [2.75, 3.05) is 25.5 Å². The van der Waals surface area contributed by atoms with E-state index in [1.165, 1.54) is 12.3 Å². The Morgan fingerprint density at radius 2 is 2.25 bits per heavy atom. The lowest BCUT2D eigenvalue weighted by Gasteiger charge is -2.20. The van der Waals surface area contributed by atoms with Crippen molar-refractivity contribution in [2.24, 2.45) is 0 Å². The van der Waals surface area contributed by atoms with Gasteiger partial charge in [-0.3, -0.25) is 0 Å². The summed E-state index contributed by atoms with van der Waals surface area (Å²) in [5.74, 6) is -0.440. The van der Waals surface area contributed by atoms with Crippen LogP contribution in [0, 0.1) is 5.95 Å². The van der Waals surface area contributed by atoms with Gasteiger partial charge in [-0.1, -0.05) is 0 Å². The minimum atomic E-state index is -0.440. The molecule has 16 heavy (non-hydrogen) atoms. The van der Waals surface area contributed by atoms with E-state index in [1.807, 2.05) is 0 Å². The maximum absolute atomic E-state index is 12.8. The van der Waals surface area contributed by atoms with Crippen LogP contribution in [0.25, 0.3) is 0 Å². The van der Waals surface area contributed by atoms with Crippen molar-refractivity contribution in [1.82, 2.24) is 9.88 Å². The number of aromatic nitrogens is 1. The Hall–Kier alpha value is -1.16. The van der Waals surface area contributed by atoms with Crippen molar-refractivity contribution in [3.8, 4) is 0 Å². The Labute approximate surface area is 96.7 Å². The number of pyridine rings is 1. The summed E-state index contributed by atoms with van der Waals surface area (Å²) in [5.41, 5.74) is 0.791. The molecule has 90 valence electrons. The molecule has 0 saturated heterocycles. The van der Waals surface area contributed by atoms with E-state index in [-0.39, 0.29) is 0 Å². The zero-order valence-electron chi connectivity index (χ0n) is 10.2. The first-order valence-electron chi connectivity index (χ1n) is 5.65. The van der Waals surface area contributed by atoms with Crippen molar-refractivity contribution in [3.63, 3.8) is 0 Å². The smallest absolute Gasteiger partial charge is 0.214 e. The molecule has 0 fully saturated rings. The minimum Gasteiger partial charge on any atom is -0.385 e. The van der Waals surface area contributed by atoms with Gasteiger partial charge in [0.25, 0.3) is 0 Å². The molecule has 0 saturated carbocycles. The molecule has 0 aromatic carbocycles. The predicted molar refractivity (Wildman–Crippen MR) is 65.1 cm³/mol. The Morgan fingerprint density at radius 1 is 1.50 bits per heavy atom. The standard InChI is InChI=1S/C12H20FN3/c1-10(2)16(3)8-4-6-14-11-5-7-15-12(13)9-11/h5,7,9-10H,4,6,8H2,1-3H3,(H,14,15). The summed E-state index contributed by atoms with van der Waals surface area (Å²) in [6, 6.07) is 3.75. The maximum atomic E-state index is 12.8. The summed E-state index contributed by atoms with van der Waals surface area (Å²) in [6.45, 7) is 6.23. The maximum Gasteiger partial charge on any atom is 0.214 e. The van der Waals surface area contributed by atoms with Crippen LogP contribution in [0.3, 0.4) is 0 Å². The Bertz CT molecular complexity index is 315. The number of hydrogen-bond acceptors (Lipinski definition) is 3. The predicted octanol–water partition coefficient (Wildman–Crippen LogP) is 2.36. The first kappa shape index (κ1) is 12.9. The van der Waals surface area contributed by atoms with E-state index in [1.54, 1.807) is 6.07 Å². The van der Waals surface area contributed by atoms with E-state index in [0.29, 0.717) is 6.04 Å². The number of halogens is 1. The molecule has 0 aliphatic heterocycles. The summed E-state index contributed by atoms with van der Waals surface area (Å²) in [6.07, 6.45) is 2.51. The second kappa shape index (κ2) is 6.43. The van der Waals surface area contributed by atoms with Gasteiger partial charge < -0.3 is 10.2 Å². The molecule has 1 aromatic heterocycles. The van der Waals surface area contributed by atoms with Crippen LogP contribution in [0.1, 0.15) is 20.3 Å². The van der Waals surface area contributed by atoms with E-state index < -0.39 is 5.95 Å². The molecule has 1 heterocycles. The third-order valence-corrected chi connectivity index (χ3v) is 2.62. The number of anilines is 1. The van der Waals surface area contributed by atoms with Crippen molar-refractivity contribution in [1.29, 1.82) is 0 Å². The zero-order chi connectivity index (χ0) is 12.0. The topological polar surface area (TPSA) is 28.2 Å². The molecule has 0 amide bonds. The highest BCUT2D eigenvalue weighted by Gasteiger charge is 2.01. The molecular weight excluding hydrogens is 205 g/mol. The normalized spacial score (nSPS) is 11.1. The SMILES string of the molecule is CC(C)N(C)CCCNc1ccnc(F)c1. The lowest BCUT2D eigenvalue weighted by atomic mass is 10.3. The zero-order valence-corrected chi connectivity index (χ0v) is 10.2. The van der Waals surface area contributed by atoms with Gasteiger partial charge in [-0.2, -0.15) is 4.39 Å². The van der Waals surface area contributed by atoms with Gasteiger partial charge in [-0.25, -0.2) is 4.98 Å². The summed E-state index contributed by atoms with van der Waals surface area (Å²) >= 11 is 0. The summed E-state index contributed by atoms with van der Waals surface area (Å²) in [5, 5.41) is 3.17. The number of rotatable bonds is 6. The van der Waals surface area contributed by atoms with Crippen LogP contribution >= 0.6 is 0 Å². The number of hydrogen-bond donors (Lipinski definition) is 1. The molecule has 1 rings (SSSR count). The molecule has 4 heteroatoms. The summed E-state index contributed by atoms with van der Waals surface area (Å²) < 4.78 is 12.8. The fraction of sp³-hybridized carbons (Fsp3) is 0.583. The largest absolute Gasteiger partial charge is 0.385 e. The third-order valence-electron chi connectivity index (χ3n) is 2.62. The second-order valence-electron chi connectivity index (χ2n) is 4.22. The molecule has 0 bridgehead atoms. The van der Waals surface area contributed by atoms with Crippen LogP contribution < -0.4 is 5.32 Å². The fourth-order valence-electron chi connectivity index (χ4n) is 1.33. The van der Waals surface area contributed by atoms with E-state index >= 15 is 0 Å². The molecule has 3 nitrogen and oxygen atoms in total. The molecule has 0 aliphatic carbocycles. The van der Waals surface area contributed by atoms with Crippen LogP contribution in [-0.2, 0) is 0 Å². The van der Waals surface area contributed by atoms with Gasteiger partial charge in [0.05, 0.1) is 0 Å². The van der Waals surface area contributed by atoms with Crippen molar-refractivity contribution in [3.05, 3.63) is 24.3 Å². The Kier molecular flexibility index (Phi) is 5.19. The highest BCUT2D eigenvalue weighted by Crippen LogP contribution is 2.06. The first-order valence-corrected chi connectivity index (χ1v) is 5.65. The number of nitrogens with one attached hydrogen (secondary N) is 1. The molecule has 1 N–H and O–H groups in total. The monoisotopic (exact) mass is 225 g/mol. The molecule has 0 radical (unpaired) electrons. The number of nitrogens with zero attached hydrogens (tertiary/aromatic N) is 2. The molecule has 0 unspecified atom stereocenters. The lowest BCUT2D eigenvalue weighted by Crippen LogP contribution is -2.28. The Balaban J connectivity index is 2.21. The molecular formula is C12H20FN3. The molecule has 0 atom stereocenters. The van der Waals surface area contributed by atoms with Crippen molar-refractivity contribution in [2.45, 2.75) is 26.3 Å².